The molecule has 0 bridgehead atoms. The van der Waals surface area contributed by atoms with Gasteiger partial charge in [-0.15, -0.1) is 0 Å². The number of hydrogen-bond donors (Lipinski definition) is 3. The van der Waals surface area contributed by atoms with Crippen LogP contribution in [0.15, 0.2) is 140 Å². The Bertz CT molecular complexity index is 4230. The highest BCUT2D eigenvalue weighted by atomic mass is 35.5. The Kier molecular flexibility index (Phi) is 22.2. The smallest absolute Gasteiger partial charge is 0.320 e. The first-order valence-corrected chi connectivity index (χ1v) is 33.5. The van der Waals surface area contributed by atoms with Gasteiger partial charge < -0.3 is 35.3 Å². The molecule has 3 aliphatic rings. The first kappa shape index (κ1) is 65.6. The molecule has 0 amide bonds. The first-order chi connectivity index (χ1) is 46.6. The SMILES string of the molecule is CCCCOc1nc(N)c2cnn(Cc3ccc(CN4CCC4)cc3)c2n1.CCCCOc1nc(NCc2ccc(OC)cc2)c2cnn(Cc3ccc(CN4CCC4)cc3)c2n1.COc1ccc(CNc2nc(Cl)nc3c2cnn3Cc2ccc(CN3CCC3)cc2)cc1. The van der Waals surface area contributed by atoms with Crippen LogP contribution >= 0.6 is 11.6 Å². The first-order valence-electron chi connectivity index (χ1n) is 33.1. The molecule has 0 radical (unpaired) electrons. The van der Waals surface area contributed by atoms with Crippen molar-refractivity contribution in [3.05, 3.63) is 190 Å². The minimum absolute atomic E-state index is 0.196. The molecule has 95 heavy (non-hydrogen) atoms. The van der Waals surface area contributed by atoms with E-state index < -0.39 is 0 Å². The molecule has 9 heterocycles. The number of fused-ring (bicyclic) bond motifs is 3. The van der Waals surface area contributed by atoms with E-state index in [1.54, 1.807) is 26.6 Å². The van der Waals surface area contributed by atoms with Crippen molar-refractivity contribution in [1.82, 2.24) is 73.9 Å². The maximum absolute atomic E-state index is 6.24. The van der Waals surface area contributed by atoms with E-state index in [2.05, 4.69) is 152 Å². The molecule has 0 aliphatic carbocycles. The Morgan fingerprint density at radius 2 is 0.747 bits per heavy atom. The molecule has 11 aromatic rings. The number of nitrogens with two attached hydrogens (primary N) is 1. The maximum atomic E-state index is 6.24. The lowest BCUT2D eigenvalue weighted by molar-refractivity contribution is 0.172. The zero-order valence-electron chi connectivity index (χ0n) is 54.8. The van der Waals surface area contributed by atoms with E-state index in [4.69, 9.17) is 41.3 Å². The number of methoxy groups -OCH3 is 2. The summed E-state index contributed by atoms with van der Waals surface area (Å²) in [7, 11) is 3.33. The summed E-state index contributed by atoms with van der Waals surface area (Å²) in [5.74, 6) is 3.47. The third-order valence-electron chi connectivity index (χ3n) is 17.3. The van der Waals surface area contributed by atoms with Crippen LogP contribution in [-0.4, -0.2) is 141 Å². The van der Waals surface area contributed by atoms with Gasteiger partial charge in [-0.05, 0) is 152 Å². The highest BCUT2D eigenvalue weighted by Gasteiger charge is 2.20. The van der Waals surface area contributed by atoms with Crippen molar-refractivity contribution in [2.75, 3.05) is 83.1 Å². The van der Waals surface area contributed by atoms with Crippen molar-refractivity contribution in [3.8, 4) is 23.5 Å². The van der Waals surface area contributed by atoms with Gasteiger partial charge in [0.2, 0.25) is 5.28 Å². The normalized spacial score (nSPS) is 13.9. The van der Waals surface area contributed by atoms with Crippen LogP contribution in [0.1, 0.15) is 103 Å². The Labute approximate surface area is 559 Å². The fraction of sp³-hybridized carbons (Fsp3) is 0.375. The summed E-state index contributed by atoms with van der Waals surface area (Å²) in [4.78, 5) is 34.3. The van der Waals surface area contributed by atoms with E-state index in [0.29, 0.717) is 80.9 Å². The quantitative estimate of drug-likeness (QED) is 0.0306. The molecule has 0 atom stereocenters. The van der Waals surface area contributed by atoms with E-state index in [1.165, 1.54) is 91.9 Å². The van der Waals surface area contributed by atoms with E-state index in [0.717, 1.165) is 95.6 Å². The van der Waals surface area contributed by atoms with Crippen LogP contribution in [0.25, 0.3) is 33.1 Å². The van der Waals surface area contributed by atoms with Gasteiger partial charge in [-0.1, -0.05) is 124 Å². The monoisotopic (exact) mass is 1300 g/mol. The second-order valence-corrected chi connectivity index (χ2v) is 24.7. The van der Waals surface area contributed by atoms with Gasteiger partial charge >= 0.3 is 12.0 Å². The maximum Gasteiger partial charge on any atom is 0.320 e. The molecule has 6 aromatic heterocycles. The lowest BCUT2D eigenvalue weighted by Gasteiger charge is -2.30. The minimum atomic E-state index is 0.196. The molecule has 3 saturated heterocycles. The summed E-state index contributed by atoms with van der Waals surface area (Å²) in [5.41, 5.74) is 18.1. The van der Waals surface area contributed by atoms with Gasteiger partial charge in [-0.3, -0.25) is 14.7 Å². The fourth-order valence-electron chi connectivity index (χ4n) is 11.2. The Morgan fingerprint density at radius 1 is 0.411 bits per heavy atom. The van der Waals surface area contributed by atoms with E-state index >= 15 is 0 Å². The molecule has 0 unspecified atom stereocenters. The van der Waals surface area contributed by atoms with Crippen LogP contribution in [-0.2, 0) is 52.4 Å². The third kappa shape index (κ3) is 17.5. The summed E-state index contributed by atoms with van der Waals surface area (Å²) in [6.07, 6.45) is 13.3. The van der Waals surface area contributed by atoms with Crippen molar-refractivity contribution < 1.29 is 18.9 Å². The standard InChI is InChI=1S/C28H34N6O2.C24H25ClN6O.C20H26N6O/c1-3-4-16-36-28-31-26(29-17-21-10-12-24(35-2)13-11-21)25-18-30-34(27(25)32-28)20-23-8-6-22(7-9-23)19-33-14-5-15-33;1-32-20-9-7-17(8-10-20)13-26-22-21-14-27-31(23(21)29-24(25)28-22)16-19-5-3-18(4-6-19)15-30-11-2-12-30;1-2-3-11-27-20-23-18(21)17-12-22-26(19(17)24-20)14-16-7-5-15(6-8-16)13-25-9-4-10-25/h6-13,18H,3-5,14-17,19-20H2,1-2H3,(H,29,31,32);3-10,14H,2,11-13,15-16H2,1H3,(H,26,28,29);5-8,12H,2-4,9-11,13-14H2,1H3,(H2,21,23,24). The number of nitrogen functional groups attached to an aromatic ring is 1. The molecule has 14 rings (SSSR count). The Balaban J connectivity index is 0.000000138. The number of rotatable bonds is 28. The number of anilines is 3. The van der Waals surface area contributed by atoms with Crippen molar-refractivity contribution >= 4 is 62.2 Å². The predicted molar refractivity (Wildman–Crippen MR) is 373 cm³/mol. The van der Waals surface area contributed by atoms with E-state index in [9.17, 15) is 0 Å². The number of nitrogens with zero attached hydrogens (tertiary/aromatic N) is 15. The zero-order valence-corrected chi connectivity index (χ0v) is 55.6. The molecule has 494 valence electrons. The molecule has 0 spiro atoms. The Hall–Kier alpha value is -9.48. The number of aromatic nitrogens is 12. The molecule has 3 aliphatic heterocycles. The van der Waals surface area contributed by atoms with Crippen molar-refractivity contribution in [2.45, 2.75) is 111 Å². The fourth-order valence-corrected chi connectivity index (χ4v) is 11.4. The lowest BCUT2D eigenvalue weighted by Crippen LogP contribution is -2.36. The Morgan fingerprint density at radius 3 is 1.12 bits per heavy atom. The molecule has 3 fully saturated rings. The number of likely N-dealkylation sites (tertiary alicyclic amines) is 3. The van der Waals surface area contributed by atoms with Gasteiger partial charge in [0.25, 0.3) is 0 Å². The number of benzene rings is 5. The molecule has 0 saturated carbocycles. The molecule has 5 aromatic carbocycles. The van der Waals surface area contributed by atoms with Crippen LogP contribution in [0.2, 0.25) is 5.28 Å². The second-order valence-electron chi connectivity index (χ2n) is 24.4. The van der Waals surface area contributed by atoms with Crippen molar-refractivity contribution in [2.24, 2.45) is 0 Å². The molecular weight excluding hydrogens is 1220 g/mol. The topological polar surface area (TPSA) is 228 Å². The summed E-state index contributed by atoms with van der Waals surface area (Å²) >= 11 is 6.24. The zero-order chi connectivity index (χ0) is 65.3. The number of halogens is 1. The number of unbranched alkanes of at least 4 members (excludes halogenated alkanes) is 2. The van der Waals surface area contributed by atoms with Crippen LogP contribution in [0.4, 0.5) is 17.5 Å². The summed E-state index contributed by atoms with van der Waals surface area (Å²) in [6.45, 7) is 18.9. The van der Waals surface area contributed by atoms with E-state index in [1.807, 2.05) is 68.8 Å². The van der Waals surface area contributed by atoms with Crippen LogP contribution < -0.4 is 35.3 Å². The van der Waals surface area contributed by atoms with Crippen LogP contribution in [0, 0.1) is 0 Å². The highest BCUT2D eigenvalue weighted by molar-refractivity contribution is 6.28. The average Bonchev–Trinajstić information content (AvgIpc) is 1.69. The molecular formula is C72H85ClN18O4. The van der Waals surface area contributed by atoms with Crippen molar-refractivity contribution in [3.63, 3.8) is 0 Å². The van der Waals surface area contributed by atoms with Gasteiger partial charge in [-0.2, -0.15) is 45.2 Å². The second kappa shape index (κ2) is 32.1. The molecule has 22 nitrogen and oxygen atoms in total. The van der Waals surface area contributed by atoms with Gasteiger partial charge in [0.15, 0.2) is 16.9 Å². The number of nitrogens with one attached hydrogen (secondary N) is 2. The predicted octanol–water partition coefficient (Wildman–Crippen LogP) is 12.1. The van der Waals surface area contributed by atoms with Gasteiger partial charge in [-0.25, -0.2) is 14.0 Å². The van der Waals surface area contributed by atoms with Gasteiger partial charge in [0, 0.05) is 32.7 Å². The van der Waals surface area contributed by atoms with Gasteiger partial charge in [0.1, 0.15) is 29.0 Å². The van der Waals surface area contributed by atoms with E-state index in [-0.39, 0.29) is 5.28 Å². The number of hydrogen-bond acceptors (Lipinski definition) is 19. The highest BCUT2D eigenvalue weighted by Crippen LogP contribution is 2.28. The largest absolute Gasteiger partial charge is 0.497 e. The van der Waals surface area contributed by atoms with Gasteiger partial charge in [0.05, 0.1) is 81.8 Å². The lowest BCUT2D eigenvalue weighted by atomic mass is 10.1. The summed E-state index contributed by atoms with van der Waals surface area (Å²) in [5, 5.41) is 23.2. The average molecular weight is 1300 g/mol. The summed E-state index contributed by atoms with van der Waals surface area (Å²) < 4.78 is 27.6. The summed E-state index contributed by atoms with van der Waals surface area (Å²) in [6, 6.07) is 42.8. The number of ether oxygens (including phenoxy) is 4. The van der Waals surface area contributed by atoms with Crippen molar-refractivity contribution in [1.29, 1.82) is 0 Å². The third-order valence-corrected chi connectivity index (χ3v) is 17.4. The van der Waals surface area contributed by atoms with Crippen LogP contribution in [0.5, 0.6) is 23.5 Å². The molecule has 4 N–H and O–H groups in total. The van der Waals surface area contributed by atoms with Crippen LogP contribution in [0.3, 0.4) is 0 Å². The minimum Gasteiger partial charge on any atom is -0.497 e. The molecule has 23 heteroatoms.